The maximum absolute atomic E-state index is 12.7. The second-order valence-corrected chi connectivity index (χ2v) is 5.61. The van der Waals surface area contributed by atoms with Gasteiger partial charge < -0.3 is 20.1 Å². The van der Waals surface area contributed by atoms with Crippen LogP contribution in [0.3, 0.4) is 0 Å². The molecule has 128 valence electrons. The Balaban J connectivity index is 1.91. The van der Waals surface area contributed by atoms with Gasteiger partial charge in [-0.05, 0) is 48.0 Å². The van der Waals surface area contributed by atoms with Crippen LogP contribution in [0.25, 0.3) is 0 Å². The van der Waals surface area contributed by atoms with Gasteiger partial charge in [-0.25, -0.2) is 4.79 Å². The van der Waals surface area contributed by atoms with E-state index in [4.69, 9.17) is 9.84 Å². The van der Waals surface area contributed by atoms with Gasteiger partial charge in [0.2, 0.25) is 5.91 Å². The van der Waals surface area contributed by atoms with Crippen molar-refractivity contribution in [3.05, 3.63) is 59.2 Å². The molecule has 0 aromatic heterocycles. The zero-order valence-electron chi connectivity index (χ0n) is 13.5. The average molecular weight is 340 g/mol. The molecule has 2 aromatic rings. The third kappa shape index (κ3) is 3.45. The number of amides is 2. The number of nitrogens with one attached hydrogen (secondary N) is 1. The van der Waals surface area contributed by atoms with Crippen molar-refractivity contribution < 1.29 is 24.2 Å². The number of ether oxygens (including phenoxy) is 1. The van der Waals surface area contributed by atoms with Gasteiger partial charge in [-0.1, -0.05) is 0 Å². The van der Waals surface area contributed by atoms with Crippen LogP contribution in [0.2, 0.25) is 0 Å². The number of nitrogens with zero attached hydrogens (tertiary/aromatic N) is 1. The van der Waals surface area contributed by atoms with Crippen LogP contribution >= 0.6 is 0 Å². The van der Waals surface area contributed by atoms with E-state index in [9.17, 15) is 14.4 Å². The number of fused-ring (bicyclic) bond motifs is 1. The molecule has 2 amide bonds. The smallest absolute Gasteiger partial charge is 0.335 e. The van der Waals surface area contributed by atoms with Gasteiger partial charge in [0.25, 0.3) is 5.91 Å². The maximum Gasteiger partial charge on any atom is 0.335 e. The van der Waals surface area contributed by atoms with Gasteiger partial charge in [0.05, 0.1) is 12.7 Å². The molecule has 0 fully saturated rings. The number of rotatable bonds is 3. The van der Waals surface area contributed by atoms with Gasteiger partial charge in [0, 0.05) is 17.8 Å². The van der Waals surface area contributed by atoms with Crippen LogP contribution in [0.4, 0.5) is 5.69 Å². The standard InChI is InChI=1S/C18H16N2O5/c1-25-14-5-2-11(3-6-14)17(22)20-9-13-8-12(18(23)24)4-7-15(13)19-16(21)10-20/h2-8H,9-10H2,1H3,(H,19,21)(H,23,24). The molecule has 7 heteroatoms. The van der Waals surface area contributed by atoms with Crippen LogP contribution in [0.15, 0.2) is 42.5 Å². The predicted octanol–water partition coefficient (Wildman–Crippen LogP) is 1.99. The second-order valence-electron chi connectivity index (χ2n) is 5.61. The summed E-state index contributed by atoms with van der Waals surface area (Å²) in [6.07, 6.45) is 0. The summed E-state index contributed by atoms with van der Waals surface area (Å²) in [6, 6.07) is 11.0. The highest BCUT2D eigenvalue weighted by Crippen LogP contribution is 2.24. The van der Waals surface area contributed by atoms with Gasteiger partial charge in [-0.2, -0.15) is 0 Å². The summed E-state index contributed by atoms with van der Waals surface area (Å²) in [7, 11) is 1.53. The van der Waals surface area contributed by atoms with E-state index < -0.39 is 5.97 Å². The van der Waals surface area contributed by atoms with Crippen molar-refractivity contribution in [2.45, 2.75) is 6.54 Å². The lowest BCUT2D eigenvalue weighted by Crippen LogP contribution is -2.35. The molecule has 1 heterocycles. The number of aromatic carboxylic acids is 1. The minimum atomic E-state index is -1.06. The Labute approximate surface area is 143 Å². The summed E-state index contributed by atoms with van der Waals surface area (Å²) < 4.78 is 5.07. The van der Waals surface area contributed by atoms with Crippen molar-refractivity contribution in [3.8, 4) is 5.75 Å². The van der Waals surface area contributed by atoms with Crippen molar-refractivity contribution in [2.24, 2.45) is 0 Å². The average Bonchev–Trinajstić information content (AvgIpc) is 2.78. The molecular weight excluding hydrogens is 324 g/mol. The molecule has 0 saturated carbocycles. The Morgan fingerprint density at radius 2 is 1.76 bits per heavy atom. The molecule has 0 aliphatic carbocycles. The second kappa shape index (κ2) is 6.64. The fraction of sp³-hybridized carbons (Fsp3) is 0.167. The topological polar surface area (TPSA) is 95.9 Å². The van der Waals surface area contributed by atoms with Crippen LogP contribution in [0.5, 0.6) is 5.75 Å². The summed E-state index contributed by atoms with van der Waals surface area (Å²) in [5.74, 6) is -1.08. The van der Waals surface area contributed by atoms with E-state index in [0.29, 0.717) is 22.6 Å². The molecule has 0 spiro atoms. The SMILES string of the molecule is COc1ccc(C(=O)N2CC(=O)Nc3ccc(C(=O)O)cc3C2)cc1. The Morgan fingerprint density at radius 3 is 2.40 bits per heavy atom. The lowest BCUT2D eigenvalue weighted by Gasteiger charge is -2.20. The first kappa shape index (κ1) is 16.5. The monoisotopic (exact) mass is 340 g/mol. The number of carboxylic acid groups (broad SMARTS) is 1. The molecule has 2 N–H and O–H groups in total. The van der Waals surface area contributed by atoms with E-state index in [1.807, 2.05) is 0 Å². The lowest BCUT2D eigenvalue weighted by molar-refractivity contribution is -0.116. The molecule has 25 heavy (non-hydrogen) atoms. The van der Waals surface area contributed by atoms with Crippen LogP contribution in [-0.4, -0.2) is 41.4 Å². The normalized spacial score (nSPS) is 13.5. The van der Waals surface area contributed by atoms with Crippen LogP contribution < -0.4 is 10.1 Å². The van der Waals surface area contributed by atoms with E-state index >= 15 is 0 Å². The number of hydrogen-bond donors (Lipinski definition) is 2. The molecule has 0 unspecified atom stereocenters. The summed E-state index contributed by atoms with van der Waals surface area (Å²) in [5.41, 5.74) is 1.62. The van der Waals surface area contributed by atoms with Crippen molar-refractivity contribution in [3.63, 3.8) is 0 Å². The molecule has 1 aliphatic heterocycles. The van der Waals surface area contributed by atoms with Crippen molar-refractivity contribution in [1.29, 1.82) is 0 Å². The minimum Gasteiger partial charge on any atom is -0.497 e. The fourth-order valence-electron chi connectivity index (χ4n) is 2.66. The lowest BCUT2D eigenvalue weighted by atomic mass is 10.1. The van der Waals surface area contributed by atoms with Gasteiger partial charge >= 0.3 is 5.97 Å². The largest absolute Gasteiger partial charge is 0.497 e. The first-order valence-corrected chi connectivity index (χ1v) is 7.57. The molecular formula is C18H16N2O5. The predicted molar refractivity (Wildman–Crippen MR) is 89.8 cm³/mol. The van der Waals surface area contributed by atoms with E-state index in [-0.39, 0.29) is 30.5 Å². The number of anilines is 1. The van der Waals surface area contributed by atoms with Crippen molar-refractivity contribution >= 4 is 23.5 Å². The molecule has 0 radical (unpaired) electrons. The number of carbonyl (C=O) groups excluding carboxylic acids is 2. The zero-order chi connectivity index (χ0) is 18.0. The van der Waals surface area contributed by atoms with E-state index in [1.165, 1.54) is 30.2 Å². The molecule has 7 nitrogen and oxygen atoms in total. The third-order valence-corrected chi connectivity index (χ3v) is 3.95. The highest BCUT2D eigenvalue weighted by atomic mass is 16.5. The molecule has 0 bridgehead atoms. The number of carbonyl (C=O) groups is 3. The summed E-state index contributed by atoms with van der Waals surface area (Å²) >= 11 is 0. The quantitative estimate of drug-likeness (QED) is 0.891. The van der Waals surface area contributed by atoms with Crippen LogP contribution in [0, 0.1) is 0 Å². The number of hydrogen-bond acceptors (Lipinski definition) is 4. The highest BCUT2D eigenvalue weighted by molar-refractivity contribution is 6.01. The molecule has 0 saturated heterocycles. The number of carboxylic acids is 1. The van der Waals surface area contributed by atoms with Gasteiger partial charge in [0.15, 0.2) is 0 Å². The molecule has 1 aliphatic rings. The minimum absolute atomic E-state index is 0.103. The first-order chi connectivity index (χ1) is 12.0. The molecule has 2 aromatic carbocycles. The van der Waals surface area contributed by atoms with Gasteiger partial charge in [-0.15, -0.1) is 0 Å². The Kier molecular flexibility index (Phi) is 4.38. The van der Waals surface area contributed by atoms with Crippen LogP contribution in [0.1, 0.15) is 26.3 Å². The number of benzene rings is 2. The Bertz CT molecular complexity index is 845. The Morgan fingerprint density at radius 1 is 1.08 bits per heavy atom. The zero-order valence-corrected chi connectivity index (χ0v) is 13.5. The van der Waals surface area contributed by atoms with Gasteiger partial charge in [0.1, 0.15) is 12.3 Å². The van der Waals surface area contributed by atoms with Crippen molar-refractivity contribution in [2.75, 3.05) is 19.0 Å². The van der Waals surface area contributed by atoms with E-state index in [0.717, 1.165) is 0 Å². The van der Waals surface area contributed by atoms with E-state index in [2.05, 4.69) is 5.32 Å². The van der Waals surface area contributed by atoms with Gasteiger partial charge in [-0.3, -0.25) is 9.59 Å². The van der Waals surface area contributed by atoms with E-state index in [1.54, 1.807) is 24.3 Å². The maximum atomic E-state index is 12.7. The number of methoxy groups -OCH3 is 1. The first-order valence-electron chi connectivity index (χ1n) is 7.57. The fourth-order valence-corrected chi connectivity index (χ4v) is 2.66. The van der Waals surface area contributed by atoms with Crippen molar-refractivity contribution in [1.82, 2.24) is 4.90 Å². The summed E-state index contributed by atoms with van der Waals surface area (Å²) in [4.78, 5) is 37.3. The molecule has 3 rings (SSSR count). The summed E-state index contributed by atoms with van der Waals surface area (Å²) in [6.45, 7) is 0.0298. The van der Waals surface area contributed by atoms with Crippen LogP contribution in [-0.2, 0) is 11.3 Å². The third-order valence-electron chi connectivity index (χ3n) is 3.95. The molecule has 0 atom stereocenters. The Hall–Kier alpha value is -3.35. The summed E-state index contributed by atoms with van der Waals surface area (Å²) in [5, 5.41) is 11.8. The highest BCUT2D eigenvalue weighted by Gasteiger charge is 2.24.